The molecule has 0 amide bonds. The zero-order valence-corrected chi connectivity index (χ0v) is 52.4. The van der Waals surface area contributed by atoms with E-state index in [0.717, 1.165) is 109 Å². The topological polar surface area (TPSA) is 78.9 Å². The van der Waals surface area contributed by atoms with Gasteiger partial charge in [0.15, 0.2) is 6.10 Å². The van der Waals surface area contributed by atoms with E-state index in [0.29, 0.717) is 19.3 Å². The van der Waals surface area contributed by atoms with Crippen LogP contribution in [-0.4, -0.2) is 37.2 Å². The van der Waals surface area contributed by atoms with Gasteiger partial charge in [0.05, 0.1) is 0 Å². The first-order valence-electron chi connectivity index (χ1n) is 34.1. The van der Waals surface area contributed by atoms with Crippen LogP contribution < -0.4 is 0 Å². The Morgan fingerprint density at radius 2 is 0.494 bits per heavy atom. The van der Waals surface area contributed by atoms with E-state index in [2.05, 4.69) is 106 Å². The third-order valence-corrected chi connectivity index (χ3v) is 14.9. The van der Waals surface area contributed by atoms with Gasteiger partial charge < -0.3 is 14.2 Å². The summed E-state index contributed by atoms with van der Waals surface area (Å²) >= 11 is 0. The summed E-state index contributed by atoms with van der Waals surface area (Å²) in [6, 6.07) is 0. The van der Waals surface area contributed by atoms with Crippen LogP contribution in [0.4, 0.5) is 0 Å². The number of hydrogen-bond acceptors (Lipinski definition) is 6. The van der Waals surface area contributed by atoms with Gasteiger partial charge in [-0.25, -0.2) is 0 Å². The van der Waals surface area contributed by atoms with Crippen LogP contribution in [0.2, 0.25) is 0 Å². The number of unbranched alkanes of at least 4 members (excludes halogenated alkanes) is 37. The highest BCUT2D eigenvalue weighted by Crippen LogP contribution is 2.18. The largest absolute Gasteiger partial charge is 0.462 e. The summed E-state index contributed by atoms with van der Waals surface area (Å²) in [4.78, 5) is 38.4. The Bertz CT molecular complexity index is 1500. The average molecular weight is 1100 g/mol. The van der Waals surface area contributed by atoms with Crippen LogP contribution in [0.3, 0.4) is 0 Å². The van der Waals surface area contributed by atoms with Gasteiger partial charge in [0.1, 0.15) is 13.2 Å². The Balaban J connectivity index is 4.31. The smallest absolute Gasteiger partial charge is 0.306 e. The van der Waals surface area contributed by atoms with Crippen LogP contribution in [0, 0.1) is 0 Å². The molecule has 0 rings (SSSR count). The molecule has 0 saturated heterocycles. The van der Waals surface area contributed by atoms with Gasteiger partial charge in [0.2, 0.25) is 0 Å². The Morgan fingerprint density at radius 1 is 0.266 bits per heavy atom. The molecule has 0 aliphatic carbocycles. The van der Waals surface area contributed by atoms with E-state index >= 15 is 0 Å². The van der Waals surface area contributed by atoms with Crippen molar-refractivity contribution in [3.05, 3.63) is 85.1 Å². The average Bonchev–Trinajstić information content (AvgIpc) is 3.45. The van der Waals surface area contributed by atoms with E-state index in [1.165, 1.54) is 193 Å². The van der Waals surface area contributed by atoms with E-state index in [9.17, 15) is 14.4 Å². The summed E-state index contributed by atoms with van der Waals surface area (Å²) in [7, 11) is 0. The number of rotatable bonds is 62. The standard InChI is InChI=1S/C73H128O6/c1-4-7-10-13-16-19-22-25-28-30-32-33-34-35-36-37-38-39-41-42-45-48-51-54-57-60-63-66-72(75)78-69-70(68-77-71(74)65-62-59-56-53-50-47-44-27-24-21-18-15-12-9-6-3)79-73(76)67-64-61-58-55-52-49-46-43-40-31-29-26-23-20-17-14-11-8-5-2/h9,12,17-18,20-21,26-27,29,40,43-44,50,53,70H,4-8,10-11,13-16,19,22-25,28,30-39,41-42,45-49,51-52,54-69H2,1-3H3/b12-9-,20-17-,21-18-,29-26-,43-40-,44-27-,53-50-. The van der Waals surface area contributed by atoms with Crippen LogP contribution in [0.15, 0.2) is 85.1 Å². The first kappa shape index (κ1) is 75.6. The summed E-state index contributed by atoms with van der Waals surface area (Å²) in [5.74, 6) is -0.934. The van der Waals surface area contributed by atoms with Crippen LogP contribution in [0.1, 0.15) is 342 Å². The summed E-state index contributed by atoms with van der Waals surface area (Å²) in [5, 5.41) is 0. The predicted octanol–water partition coefficient (Wildman–Crippen LogP) is 23.4. The van der Waals surface area contributed by atoms with Gasteiger partial charge >= 0.3 is 17.9 Å². The number of esters is 3. The lowest BCUT2D eigenvalue weighted by Gasteiger charge is -2.18. The monoisotopic (exact) mass is 1100 g/mol. The maximum Gasteiger partial charge on any atom is 0.306 e. The van der Waals surface area contributed by atoms with Crippen LogP contribution >= 0.6 is 0 Å². The molecule has 0 N–H and O–H groups in total. The fourth-order valence-electron chi connectivity index (χ4n) is 9.80. The zero-order chi connectivity index (χ0) is 57.1. The second-order valence-electron chi connectivity index (χ2n) is 22.7. The first-order valence-corrected chi connectivity index (χ1v) is 34.1. The van der Waals surface area contributed by atoms with Gasteiger partial charge in [-0.2, -0.15) is 0 Å². The number of carbonyl (C=O) groups excluding carboxylic acids is 3. The lowest BCUT2D eigenvalue weighted by atomic mass is 10.0. The van der Waals surface area contributed by atoms with Gasteiger partial charge in [-0.1, -0.05) is 311 Å². The van der Waals surface area contributed by atoms with E-state index in [1.54, 1.807) is 0 Å². The highest BCUT2D eigenvalue weighted by Gasteiger charge is 2.19. The van der Waals surface area contributed by atoms with E-state index in [-0.39, 0.29) is 31.1 Å². The van der Waals surface area contributed by atoms with Crippen molar-refractivity contribution in [2.45, 2.75) is 348 Å². The number of carbonyl (C=O) groups is 3. The maximum absolute atomic E-state index is 12.9. The normalized spacial score (nSPS) is 12.6. The minimum absolute atomic E-state index is 0.0928. The van der Waals surface area contributed by atoms with Crippen LogP contribution in [0.25, 0.3) is 0 Å². The van der Waals surface area contributed by atoms with Crippen molar-refractivity contribution in [1.29, 1.82) is 0 Å². The van der Waals surface area contributed by atoms with Gasteiger partial charge in [-0.05, 0) is 96.3 Å². The molecule has 79 heavy (non-hydrogen) atoms. The van der Waals surface area contributed by atoms with Crippen molar-refractivity contribution in [2.24, 2.45) is 0 Å². The summed E-state index contributed by atoms with van der Waals surface area (Å²) in [5.41, 5.74) is 0. The van der Waals surface area contributed by atoms with Crippen molar-refractivity contribution >= 4 is 17.9 Å². The second kappa shape index (κ2) is 67.1. The SMILES string of the molecule is CC/C=C\C/C=C\C/C=C\C/C=C\CCCCC(=O)OCC(COC(=O)CCCCCCCCCCCCCCCCCCCCCCCCCCCCC)OC(=O)CCCCCCCC/C=C\C/C=C\C/C=C\CCCCC. The molecule has 0 radical (unpaired) electrons. The molecule has 0 fully saturated rings. The van der Waals surface area contributed by atoms with Crippen LogP contribution in [-0.2, 0) is 28.6 Å². The number of allylic oxidation sites excluding steroid dienone is 14. The highest BCUT2D eigenvalue weighted by molar-refractivity contribution is 5.71. The molecule has 6 heteroatoms. The number of hydrogen-bond donors (Lipinski definition) is 0. The Kier molecular flexibility index (Phi) is 64.2. The van der Waals surface area contributed by atoms with Gasteiger partial charge in [-0.3, -0.25) is 14.4 Å². The fraction of sp³-hybridized carbons (Fsp3) is 0.767. The molecule has 0 bridgehead atoms. The molecule has 0 aliphatic rings. The van der Waals surface area contributed by atoms with Gasteiger partial charge in [-0.15, -0.1) is 0 Å². The van der Waals surface area contributed by atoms with Gasteiger partial charge in [0.25, 0.3) is 0 Å². The van der Waals surface area contributed by atoms with Crippen molar-refractivity contribution in [2.75, 3.05) is 13.2 Å². The molecular weight excluding hydrogens is 973 g/mol. The molecule has 0 aromatic carbocycles. The molecule has 0 aromatic rings. The highest BCUT2D eigenvalue weighted by atomic mass is 16.6. The molecule has 6 nitrogen and oxygen atoms in total. The van der Waals surface area contributed by atoms with Crippen molar-refractivity contribution < 1.29 is 28.6 Å². The van der Waals surface area contributed by atoms with E-state index in [1.807, 2.05) is 0 Å². The molecule has 0 aliphatic heterocycles. The Hall–Kier alpha value is -3.41. The van der Waals surface area contributed by atoms with Crippen molar-refractivity contribution in [1.82, 2.24) is 0 Å². The first-order chi connectivity index (χ1) is 39.0. The molecule has 0 spiro atoms. The lowest BCUT2D eigenvalue weighted by molar-refractivity contribution is -0.167. The second-order valence-corrected chi connectivity index (χ2v) is 22.7. The molecule has 456 valence electrons. The minimum atomic E-state index is -0.802. The Morgan fingerprint density at radius 3 is 0.823 bits per heavy atom. The quantitative estimate of drug-likeness (QED) is 0.0261. The molecule has 0 heterocycles. The molecule has 0 saturated carbocycles. The summed E-state index contributed by atoms with van der Waals surface area (Å²) < 4.78 is 16.9. The van der Waals surface area contributed by atoms with Crippen LogP contribution in [0.5, 0.6) is 0 Å². The third-order valence-electron chi connectivity index (χ3n) is 14.9. The summed E-state index contributed by atoms with van der Waals surface area (Å²) in [6.45, 7) is 6.50. The molecule has 0 aromatic heterocycles. The lowest BCUT2D eigenvalue weighted by Crippen LogP contribution is -2.30. The van der Waals surface area contributed by atoms with E-state index < -0.39 is 6.10 Å². The number of ether oxygens (including phenoxy) is 3. The third kappa shape index (κ3) is 65.3. The maximum atomic E-state index is 12.9. The zero-order valence-electron chi connectivity index (χ0n) is 52.4. The molecular formula is C73H128O6. The van der Waals surface area contributed by atoms with Crippen molar-refractivity contribution in [3.8, 4) is 0 Å². The van der Waals surface area contributed by atoms with E-state index in [4.69, 9.17) is 14.2 Å². The minimum Gasteiger partial charge on any atom is -0.462 e. The van der Waals surface area contributed by atoms with Gasteiger partial charge in [0, 0.05) is 19.3 Å². The molecule has 1 unspecified atom stereocenters. The predicted molar refractivity (Wildman–Crippen MR) is 344 cm³/mol. The molecule has 1 atom stereocenters. The fourth-order valence-corrected chi connectivity index (χ4v) is 9.80. The van der Waals surface area contributed by atoms with Crippen molar-refractivity contribution in [3.63, 3.8) is 0 Å². The Labute approximate surface area is 490 Å². The summed E-state index contributed by atoms with van der Waals surface area (Å²) in [6.07, 6.45) is 89.0.